The second kappa shape index (κ2) is 5.04. The summed E-state index contributed by atoms with van der Waals surface area (Å²) in [4.78, 5) is 27.4. The molecule has 2 saturated heterocycles. The van der Waals surface area contributed by atoms with Gasteiger partial charge < -0.3 is 15.1 Å². The first-order valence-electron chi connectivity index (χ1n) is 6.34. The molecular weight excluding hydrogens is 218 g/mol. The highest BCUT2D eigenvalue weighted by molar-refractivity contribution is 5.87. The monoisotopic (exact) mass is 239 g/mol. The quantitative estimate of drug-likeness (QED) is 0.690. The molecule has 17 heavy (non-hydrogen) atoms. The van der Waals surface area contributed by atoms with Gasteiger partial charge in [0.1, 0.15) is 0 Å². The molecule has 0 radical (unpaired) electrons. The Morgan fingerprint density at radius 2 is 2.06 bits per heavy atom. The summed E-state index contributed by atoms with van der Waals surface area (Å²) in [5.74, 6) is 0.0550. The van der Waals surface area contributed by atoms with Crippen molar-refractivity contribution < 1.29 is 9.59 Å². The summed E-state index contributed by atoms with van der Waals surface area (Å²) in [5.41, 5.74) is 0. The van der Waals surface area contributed by atoms with Crippen LogP contribution >= 0.6 is 0 Å². The van der Waals surface area contributed by atoms with Gasteiger partial charge in [0.15, 0.2) is 0 Å². The molecule has 2 aliphatic rings. The third-order valence-electron chi connectivity index (χ3n) is 3.96. The first kappa shape index (κ1) is 12.4. The van der Waals surface area contributed by atoms with Gasteiger partial charge in [-0.15, -0.1) is 0 Å². The molecule has 1 N–H and O–H groups in total. The molecule has 96 valence electrons. The minimum absolute atomic E-state index is 0.0122. The largest absolute Gasteiger partial charge is 0.347 e. The third-order valence-corrected chi connectivity index (χ3v) is 3.96. The van der Waals surface area contributed by atoms with Crippen LogP contribution in [-0.4, -0.2) is 60.4 Å². The van der Waals surface area contributed by atoms with Crippen LogP contribution in [0.1, 0.15) is 26.2 Å². The zero-order valence-electron chi connectivity index (χ0n) is 10.6. The van der Waals surface area contributed by atoms with Crippen molar-refractivity contribution in [1.29, 1.82) is 0 Å². The lowest BCUT2D eigenvalue weighted by Gasteiger charge is -2.40. The number of nitrogens with one attached hydrogen (secondary N) is 1. The number of hydrogen-bond acceptors (Lipinski definition) is 3. The van der Waals surface area contributed by atoms with Crippen LogP contribution < -0.4 is 5.32 Å². The van der Waals surface area contributed by atoms with Gasteiger partial charge in [-0.05, 0) is 26.8 Å². The van der Waals surface area contributed by atoms with E-state index in [1.807, 2.05) is 4.90 Å². The maximum Gasteiger partial charge on any atom is 0.242 e. The number of amides is 2. The van der Waals surface area contributed by atoms with Crippen LogP contribution in [0.15, 0.2) is 0 Å². The summed E-state index contributed by atoms with van der Waals surface area (Å²) in [6.45, 7) is 3.96. The minimum atomic E-state index is -0.0122. The fraction of sp³-hybridized carbons (Fsp3) is 0.833. The Bertz CT molecular complexity index is 319. The van der Waals surface area contributed by atoms with E-state index in [4.69, 9.17) is 0 Å². The predicted molar refractivity (Wildman–Crippen MR) is 64.5 cm³/mol. The summed E-state index contributed by atoms with van der Waals surface area (Å²) < 4.78 is 0. The molecule has 5 nitrogen and oxygen atoms in total. The van der Waals surface area contributed by atoms with Crippen molar-refractivity contribution >= 4 is 11.8 Å². The zero-order chi connectivity index (χ0) is 12.4. The lowest BCUT2D eigenvalue weighted by molar-refractivity contribution is -0.133. The van der Waals surface area contributed by atoms with Gasteiger partial charge in [-0.1, -0.05) is 0 Å². The number of nitrogens with zero attached hydrogens (tertiary/aromatic N) is 2. The average Bonchev–Trinajstić information content (AvgIpc) is 2.46. The number of likely N-dealkylation sites (tertiary alicyclic amines) is 1. The van der Waals surface area contributed by atoms with E-state index in [9.17, 15) is 9.59 Å². The second-order valence-corrected chi connectivity index (χ2v) is 5.12. The topological polar surface area (TPSA) is 52.7 Å². The highest BCUT2D eigenvalue weighted by Gasteiger charge is 2.31. The summed E-state index contributed by atoms with van der Waals surface area (Å²) in [6, 6.07) is 0.815. The standard InChI is InChI=1S/C12H21N3O2/c1-9-7-10(3-5-14(9)2)15-6-4-11(16)13-8-12(15)17/h9-10H,3-8H2,1-2H3,(H,13,16). The lowest BCUT2D eigenvalue weighted by atomic mass is 9.97. The summed E-state index contributed by atoms with van der Waals surface area (Å²) in [5, 5.41) is 2.64. The molecule has 0 saturated carbocycles. The molecule has 0 aromatic carbocycles. The highest BCUT2D eigenvalue weighted by atomic mass is 16.2. The van der Waals surface area contributed by atoms with E-state index in [-0.39, 0.29) is 18.4 Å². The predicted octanol–water partition coefficient (Wildman–Crippen LogP) is -0.182. The Hall–Kier alpha value is -1.10. The molecule has 2 unspecified atom stereocenters. The summed E-state index contributed by atoms with van der Waals surface area (Å²) in [6.07, 6.45) is 2.46. The van der Waals surface area contributed by atoms with E-state index in [2.05, 4.69) is 24.2 Å². The molecule has 0 spiro atoms. The van der Waals surface area contributed by atoms with Gasteiger partial charge in [-0.3, -0.25) is 9.59 Å². The van der Waals surface area contributed by atoms with E-state index >= 15 is 0 Å². The molecule has 2 fully saturated rings. The summed E-state index contributed by atoms with van der Waals surface area (Å²) >= 11 is 0. The van der Waals surface area contributed by atoms with Crippen molar-refractivity contribution in [2.75, 3.05) is 26.7 Å². The Kier molecular flexibility index (Phi) is 3.66. The van der Waals surface area contributed by atoms with E-state index in [0.717, 1.165) is 19.4 Å². The SMILES string of the molecule is CC1CC(N2CCC(=O)NCC2=O)CCN1C. The number of rotatable bonds is 1. The molecule has 0 aromatic rings. The third kappa shape index (κ3) is 2.77. The molecule has 2 heterocycles. The number of carbonyl (C=O) groups excluding carboxylic acids is 2. The van der Waals surface area contributed by atoms with Crippen molar-refractivity contribution in [2.24, 2.45) is 0 Å². The van der Waals surface area contributed by atoms with Gasteiger partial charge in [-0.2, -0.15) is 0 Å². The molecule has 0 bridgehead atoms. The van der Waals surface area contributed by atoms with E-state index in [0.29, 0.717) is 25.0 Å². The molecule has 2 rings (SSSR count). The van der Waals surface area contributed by atoms with Crippen LogP contribution in [0.5, 0.6) is 0 Å². The Balaban J connectivity index is 2.00. The molecule has 0 aromatic heterocycles. The van der Waals surface area contributed by atoms with Gasteiger partial charge in [0.2, 0.25) is 11.8 Å². The van der Waals surface area contributed by atoms with Gasteiger partial charge in [0.05, 0.1) is 6.54 Å². The van der Waals surface area contributed by atoms with Crippen LogP contribution in [0, 0.1) is 0 Å². The minimum Gasteiger partial charge on any atom is -0.347 e. The van der Waals surface area contributed by atoms with Crippen LogP contribution in [0.4, 0.5) is 0 Å². The van der Waals surface area contributed by atoms with Crippen molar-refractivity contribution in [3.8, 4) is 0 Å². The second-order valence-electron chi connectivity index (χ2n) is 5.12. The normalized spacial score (nSPS) is 32.2. The average molecular weight is 239 g/mol. The number of carbonyl (C=O) groups is 2. The zero-order valence-corrected chi connectivity index (χ0v) is 10.6. The molecule has 2 atom stereocenters. The van der Waals surface area contributed by atoms with Crippen molar-refractivity contribution in [1.82, 2.24) is 15.1 Å². The van der Waals surface area contributed by atoms with Gasteiger partial charge >= 0.3 is 0 Å². The van der Waals surface area contributed by atoms with Crippen molar-refractivity contribution in [2.45, 2.75) is 38.3 Å². The maximum atomic E-state index is 11.9. The Morgan fingerprint density at radius 1 is 1.29 bits per heavy atom. The molecule has 5 heteroatoms. The van der Waals surface area contributed by atoms with Gasteiger partial charge in [0.25, 0.3) is 0 Å². The Morgan fingerprint density at radius 3 is 2.76 bits per heavy atom. The summed E-state index contributed by atoms with van der Waals surface area (Å²) in [7, 11) is 2.12. The van der Waals surface area contributed by atoms with Crippen LogP contribution in [0.25, 0.3) is 0 Å². The smallest absolute Gasteiger partial charge is 0.242 e. The molecular formula is C12H21N3O2. The first-order chi connectivity index (χ1) is 8.08. The number of piperidine rings is 1. The molecule has 2 aliphatic heterocycles. The van der Waals surface area contributed by atoms with Gasteiger partial charge in [0, 0.05) is 31.6 Å². The van der Waals surface area contributed by atoms with E-state index in [1.54, 1.807) is 0 Å². The highest BCUT2D eigenvalue weighted by Crippen LogP contribution is 2.21. The van der Waals surface area contributed by atoms with Crippen molar-refractivity contribution in [3.63, 3.8) is 0 Å². The van der Waals surface area contributed by atoms with E-state index in [1.165, 1.54) is 0 Å². The Labute approximate surface area is 102 Å². The van der Waals surface area contributed by atoms with Gasteiger partial charge in [-0.25, -0.2) is 0 Å². The molecule has 2 amide bonds. The molecule has 0 aliphatic carbocycles. The van der Waals surface area contributed by atoms with Crippen LogP contribution in [-0.2, 0) is 9.59 Å². The van der Waals surface area contributed by atoms with Crippen LogP contribution in [0.2, 0.25) is 0 Å². The first-order valence-corrected chi connectivity index (χ1v) is 6.34. The fourth-order valence-corrected chi connectivity index (χ4v) is 2.64. The lowest BCUT2D eigenvalue weighted by Crippen LogP contribution is -2.50. The van der Waals surface area contributed by atoms with Crippen LogP contribution in [0.3, 0.4) is 0 Å². The maximum absolute atomic E-state index is 11.9. The fourth-order valence-electron chi connectivity index (χ4n) is 2.64. The van der Waals surface area contributed by atoms with E-state index < -0.39 is 0 Å². The van der Waals surface area contributed by atoms with Crippen molar-refractivity contribution in [3.05, 3.63) is 0 Å². The number of hydrogen-bond donors (Lipinski definition) is 1.